The topological polar surface area (TPSA) is 17.1 Å². The van der Waals surface area contributed by atoms with Gasteiger partial charge in [0.2, 0.25) is 0 Å². The maximum absolute atomic E-state index is 13.0. The van der Waals surface area contributed by atoms with E-state index in [1.165, 1.54) is 13.0 Å². The van der Waals surface area contributed by atoms with Gasteiger partial charge in [0.15, 0.2) is 5.78 Å². The van der Waals surface area contributed by atoms with Crippen molar-refractivity contribution >= 4 is 28.4 Å². The van der Waals surface area contributed by atoms with E-state index in [2.05, 4.69) is 0 Å². The summed E-state index contributed by atoms with van der Waals surface area (Å²) in [6.07, 6.45) is 0. The van der Waals surface area contributed by atoms with Crippen LogP contribution in [-0.2, 0) is 0 Å². The molecule has 0 aliphatic carbocycles. The Morgan fingerprint density at radius 1 is 1.50 bits per heavy atom. The zero-order valence-corrected chi connectivity index (χ0v) is 8.98. The first-order chi connectivity index (χ1) is 5.52. The van der Waals surface area contributed by atoms with Gasteiger partial charge in [-0.3, -0.25) is 4.79 Å². The number of rotatable bonds is 1. The van der Waals surface area contributed by atoms with Crippen molar-refractivity contribution < 1.29 is 9.18 Å². The van der Waals surface area contributed by atoms with Crippen LogP contribution >= 0.6 is 22.6 Å². The van der Waals surface area contributed by atoms with Gasteiger partial charge in [0.25, 0.3) is 0 Å². The van der Waals surface area contributed by atoms with Crippen molar-refractivity contribution in [3.63, 3.8) is 0 Å². The highest BCUT2D eigenvalue weighted by Crippen LogP contribution is 2.17. The third-order valence-electron chi connectivity index (χ3n) is 1.69. The summed E-state index contributed by atoms with van der Waals surface area (Å²) in [5.74, 6) is -0.418. The number of carbonyl (C=O) groups is 1. The highest BCUT2D eigenvalue weighted by molar-refractivity contribution is 14.1. The van der Waals surface area contributed by atoms with Crippen molar-refractivity contribution in [2.75, 3.05) is 0 Å². The summed E-state index contributed by atoms with van der Waals surface area (Å²) in [6.45, 7) is 3.13. The molecule has 0 heterocycles. The molecule has 0 spiro atoms. The van der Waals surface area contributed by atoms with E-state index >= 15 is 0 Å². The fourth-order valence-electron chi connectivity index (χ4n) is 0.849. The zero-order chi connectivity index (χ0) is 9.30. The fraction of sp³-hybridized carbons (Fsp3) is 0.222. The largest absolute Gasteiger partial charge is 0.295 e. The Morgan fingerprint density at radius 2 is 2.08 bits per heavy atom. The highest BCUT2D eigenvalue weighted by atomic mass is 127. The Balaban J connectivity index is 3.31. The number of benzene rings is 1. The summed E-state index contributed by atoms with van der Waals surface area (Å²) in [6, 6.07) is 2.97. The zero-order valence-electron chi connectivity index (χ0n) is 6.82. The second kappa shape index (κ2) is 3.51. The van der Waals surface area contributed by atoms with Crippen molar-refractivity contribution in [3.8, 4) is 0 Å². The molecule has 1 nitrogen and oxygen atoms in total. The van der Waals surface area contributed by atoms with E-state index in [0.717, 1.165) is 3.57 Å². The van der Waals surface area contributed by atoms with Gasteiger partial charge in [0, 0.05) is 9.13 Å². The molecule has 0 amide bonds. The number of halogens is 2. The van der Waals surface area contributed by atoms with E-state index < -0.39 is 0 Å². The molecule has 0 unspecified atom stereocenters. The summed E-state index contributed by atoms with van der Waals surface area (Å²) >= 11 is 2.02. The van der Waals surface area contributed by atoms with Gasteiger partial charge in [0.05, 0.1) is 0 Å². The maximum atomic E-state index is 13.0. The second-order valence-corrected chi connectivity index (χ2v) is 3.78. The van der Waals surface area contributed by atoms with Crippen LogP contribution in [0.2, 0.25) is 0 Å². The van der Waals surface area contributed by atoms with Crippen molar-refractivity contribution in [1.29, 1.82) is 0 Å². The number of hydrogen-bond donors (Lipinski definition) is 0. The van der Waals surface area contributed by atoms with Crippen LogP contribution in [-0.4, -0.2) is 5.78 Å². The van der Waals surface area contributed by atoms with Crippen LogP contribution in [0.15, 0.2) is 12.1 Å². The summed E-state index contributed by atoms with van der Waals surface area (Å²) < 4.78 is 13.8. The van der Waals surface area contributed by atoms with E-state index in [-0.39, 0.29) is 11.6 Å². The third kappa shape index (κ3) is 1.83. The SMILES string of the molecule is CC(=O)c1cc(F)c(C)c(I)c1. The first-order valence-corrected chi connectivity index (χ1v) is 4.57. The van der Waals surface area contributed by atoms with Crippen molar-refractivity contribution in [2.45, 2.75) is 13.8 Å². The number of hydrogen-bond acceptors (Lipinski definition) is 1. The lowest BCUT2D eigenvalue weighted by Gasteiger charge is -2.02. The van der Waals surface area contributed by atoms with Crippen LogP contribution in [0.5, 0.6) is 0 Å². The Bertz CT molecular complexity index is 310. The predicted octanol–water partition coefficient (Wildman–Crippen LogP) is 2.94. The summed E-state index contributed by atoms with van der Waals surface area (Å²) in [4.78, 5) is 10.9. The van der Waals surface area contributed by atoms with Crippen LogP contribution in [0.4, 0.5) is 4.39 Å². The highest BCUT2D eigenvalue weighted by Gasteiger charge is 2.07. The van der Waals surface area contributed by atoms with Gasteiger partial charge in [-0.15, -0.1) is 0 Å². The van der Waals surface area contributed by atoms with Crippen molar-refractivity contribution in [1.82, 2.24) is 0 Å². The van der Waals surface area contributed by atoms with E-state index in [1.54, 1.807) is 13.0 Å². The van der Waals surface area contributed by atoms with E-state index in [0.29, 0.717) is 11.1 Å². The van der Waals surface area contributed by atoms with Gasteiger partial charge in [-0.1, -0.05) is 0 Å². The minimum absolute atomic E-state index is 0.105. The molecule has 1 aromatic rings. The van der Waals surface area contributed by atoms with Gasteiger partial charge in [-0.25, -0.2) is 4.39 Å². The minimum Gasteiger partial charge on any atom is -0.295 e. The molecule has 0 aliphatic heterocycles. The molecule has 0 N–H and O–H groups in total. The van der Waals surface area contributed by atoms with Gasteiger partial charge in [-0.05, 0) is 54.1 Å². The normalized spacial score (nSPS) is 10.0. The molecule has 0 saturated carbocycles. The molecular formula is C9H8FIO. The molecule has 0 aliphatic rings. The quantitative estimate of drug-likeness (QED) is 0.570. The molecule has 3 heteroatoms. The predicted molar refractivity (Wildman–Crippen MR) is 53.9 cm³/mol. The number of Topliss-reactive ketones (excluding diaryl/α,β-unsaturated/α-hetero) is 1. The Kier molecular flexibility index (Phi) is 2.82. The van der Waals surface area contributed by atoms with E-state index in [1.807, 2.05) is 22.6 Å². The smallest absolute Gasteiger partial charge is 0.159 e. The van der Waals surface area contributed by atoms with E-state index in [9.17, 15) is 9.18 Å². The number of carbonyl (C=O) groups excluding carboxylic acids is 1. The first-order valence-electron chi connectivity index (χ1n) is 3.49. The molecule has 1 aromatic carbocycles. The van der Waals surface area contributed by atoms with Gasteiger partial charge in [0.1, 0.15) is 5.82 Å². The van der Waals surface area contributed by atoms with Crippen LogP contribution in [0.1, 0.15) is 22.8 Å². The van der Waals surface area contributed by atoms with Crippen molar-refractivity contribution in [2.24, 2.45) is 0 Å². The Morgan fingerprint density at radius 3 is 2.50 bits per heavy atom. The van der Waals surface area contributed by atoms with Crippen molar-refractivity contribution in [3.05, 3.63) is 32.6 Å². The molecule has 64 valence electrons. The molecule has 0 radical (unpaired) electrons. The molecule has 0 bridgehead atoms. The number of ketones is 1. The summed E-state index contributed by atoms with van der Waals surface area (Å²) in [5.41, 5.74) is 1.03. The van der Waals surface area contributed by atoms with Crippen LogP contribution in [0.25, 0.3) is 0 Å². The molecule has 12 heavy (non-hydrogen) atoms. The van der Waals surface area contributed by atoms with Crippen LogP contribution < -0.4 is 0 Å². The third-order valence-corrected chi connectivity index (χ3v) is 2.81. The maximum Gasteiger partial charge on any atom is 0.159 e. The molecule has 0 fully saturated rings. The summed E-state index contributed by atoms with van der Waals surface area (Å²) in [7, 11) is 0. The van der Waals surface area contributed by atoms with Gasteiger partial charge < -0.3 is 0 Å². The lowest BCUT2D eigenvalue weighted by atomic mass is 10.1. The van der Waals surface area contributed by atoms with Crippen LogP contribution in [0, 0.1) is 16.3 Å². The molecular weight excluding hydrogens is 270 g/mol. The second-order valence-electron chi connectivity index (χ2n) is 2.62. The molecule has 0 saturated heterocycles. The fourth-order valence-corrected chi connectivity index (χ4v) is 1.44. The Labute approximate surface area is 84.1 Å². The average molecular weight is 278 g/mol. The molecule has 0 atom stereocenters. The Hall–Kier alpha value is -0.450. The van der Waals surface area contributed by atoms with E-state index in [4.69, 9.17) is 0 Å². The lowest BCUT2D eigenvalue weighted by molar-refractivity contribution is 0.101. The summed E-state index contributed by atoms with van der Waals surface area (Å²) in [5, 5.41) is 0. The van der Waals surface area contributed by atoms with Gasteiger partial charge >= 0.3 is 0 Å². The first kappa shape index (κ1) is 9.64. The van der Waals surface area contributed by atoms with Gasteiger partial charge in [-0.2, -0.15) is 0 Å². The monoisotopic (exact) mass is 278 g/mol. The average Bonchev–Trinajstić information content (AvgIpc) is 1.99. The molecule has 0 aromatic heterocycles. The van der Waals surface area contributed by atoms with Crippen LogP contribution in [0.3, 0.4) is 0 Å². The lowest BCUT2D eigenvalue weighted by Crippen LogP contribution is -1.96. The minimum atomic E-state index is -0.313. The standard InChI is InChI=1S/C9H8FIO/c1-5-8(10)3-7(6(2)12)4-9(5)11/h3-4H,1-2H3. The molecule has 1 rings (SSSR count).